The molecule has 1 aliphatic carbocycles. The van der Waals surface area contributed by atoms with Crippen LogP contribution in [0, 0.1) is 5.92 Å². The van der Waals surface area contributed by atoms with Crippen LogP contribution in [0.4, 0.5) is 0 Å². The lowest BCUT2D eigenvalue weighted by Gasteiger charge is -2.33. The number of esters is 1. The molecule has 3 unspecified atom stereocenters. The number of ether oxygens (including phenoxy) is 1. The zero-order valence-electron chi connectivity index (χ0n) is 14.9. The first-order valence-electron chi connectivity index (χ1n) is 8.74. The number of allylic oxidation sites excluding steroid dienone is 5. The number of aliphatic hydroxyl groups is 1. The van der Waals surface area contributed by atoms with Gasteiger partial charge in [-0.2, -0.15) is 0 Å². The van der Waals surface area contributed by atoms with Crippen molar-refractivity contribution in [3.63, 3.8) is 0 Å². The second-order valence-electron chi connectivity index (χ2n) is 7.35. The molecule has 2 bridgehead atoms. The molecule has 1 saturated heterocycles. The van der Waals surface area contributed by atoms with Gasteiger partial charge in [0.05, 0.1) is 12.0 Å². The Morgan fingerprint density at radius 2 is 1.91 bits per heavy atom. The van der Waals surface area contributed by atoms with E-state index < -0.39 is 11.7 Å². The summed E-state index contributed by atoms with van der Waals surface area (Å²) in [6.07, 6.45) is 10.8. The van der Waals surface area contributed by atoms with Crippen molar-refractivity contribution in [3.05, 3.63) is 34.9 Å². The number of carbonyl (C=O) groups is 1. The molecule has 3 nitrogen and oxygen atoms in total. The molecular weight excluding hydrogens is 288 g/mol. The third-order valence-electron chi connectivity index (χ3n) is 5.28. The number of rotatable bonds is 0. The normalized spacial score (nSPS) is 33.8. The number of aliphatic hydroxyl groups excluding tert-OH is 1. The number of hydrogen-bond acceptors (Lipinski definition) is 3. The Labute approximate surface area is 140 Å². The minimum absolute atomic E-state index is 0.219. The standard InChI is InChI=1S/C20H30O3/c1-14-6-5-7-15(2)9-11-18(21)20(4)13-12-17(10-8-14)16(3)19(22)23-20/h7-8,10,16,18,21H,5-6,9,11-13H2,1-4H3. The summed E-state index contributed by atoms with van der Waals surface area (Å²) in [5.41, 5.74) is 2.94. The summed E-state index contributed by atoms with van der Waals surface area (Å²) >= 11 is 0. The van der Waals surface area contributed by atoms with Gasteiger partial charge in [0.2, 0.25) is 0 Å². The van der Waals surface area contributed by atoms with Crippen LogP contribution < -0.4 is 0 Å². The molecule has 0 amide bonds. The van der Waals surface area contributed by atoms with Gasteiger partial charge in [0.25, 0.3) is 0 Å². The molecule has 0 aromatic heterocycles. The first kappa shape index (κ1) is 18.0. The zero-order valence-corrected chi connectivity index (χ0v) is 14.9. The molecule has 0 aromatic rings. The summed E-state index contributed by atoms with van der Waals surface area (Å²) < 4.78 is 5.72. The Kier molecular flexibility index (Phi) is 5.85. The van der Waals surface area contributed by atoms with Crippen molar-refractivity contribution in [3.8, 4) is 0 Å². The molecule has 0 saturated carbocycles. The third-order valence-corrected chi connectivity index (χ3v) is 5.28. The van der Waals surface area contributed by atoms with Crippen LogP contribution in [0.2, 0.25) is 0 Å². The molecule has 3 heteroatoms. The highest BCUT2D eigenvalue weighted by atomic mass is 16.6. The van der Waals surface area contributed by atoms with Crippen molar-refractivity contribution in [1.29, 1.82) is 0 Å². The molecule has 1 aliphatic heterocycles. The molecule has 0 spiro atoms. The Morgan fingerprint density at radius 3 is 2.65 bits per heavy atom. The Hall–Kier alpha value is -1.35. The lowest BCUT2D eigenvalue weighted by molar-refractivity contribution is -0.172. The SMILES string of the molecule is CC1=CC=C2CCC(C)(OC(=O)C2C)C(O)CCC(C)=CCC1. The van der Waals surface area contributed by atoms with E-state index in [0.29, 0.717) is 12.8 Å². The average Bonchev–Trinajstić information content (AvgIpc) is 2.61. The summed E-state index contributed by atoms with van der Waals surface area (Å²) in [5, 5.41) is 10.6. The predicted molar refractivity (Wildman–Crippen MR) is 93.0 cm³/mol. The van der Waals surface area contributed by atoms with E-state index in [1.807, 2.05) is 13.8 Å². The van der Waals surface area contributed by atoms with E-state index in [0.717, 1.165) is 31.3 Å². The van der Waals surface area contributed by atoms with Crippen LogP contribution >= 0.6 is 0 Å². The smallest absolute Gasteiger partial charge is 0.313 e. The lowest BCUT2D eigenvalue weighted by atomic mass is 9.87. The largest absolute Gasteiger partial charge is 0.456 e. The highest BCUT2D eigenvalue weighted by molar-refractivity contribution is 5.76. The van der Waals surface area contributed by atoms with E-state index in [1.165, 1.54) is 11.1 Å². The fraction of sp³-hybridized carbons (Fsp3) is 0.650. The molecule has 23 heavy (non-hydrogen) atoms. The molecule has 3 atom stereocenters. The van der Waals surface area contributed by atoms with Crippen molar-refractivity contribution in [2.45, 2.75) is 77.9 Å². The molecule has 2 aliphatic rings. The molecular formula is C20H30O3. The van der Waals surface area contributed by atoms with Crippen molar-refractivity contribution < 1.29 is 14.6 Å². The first-order valence-corrected chi connectivity index (χ1v) is 8.74. The van der Waals surface area contributed by atoms with E-state index in [2.05, 4.69) is 32.1 Å². The molecule has 0 radical (unpaired) electrons. The summed E-state index contributed by atoms with van der Waals surface area (Å²) in [5.74, 6) is -0.457. The second kappa shape index (κ2) is 7.48. The van der Waals surface area contributed by atoms with Crippen LogP contribution in [0.15, 0.2) is 34.9 Å². The fourth-order valence-corrected chi connectivity index (χ4v) is 3.24. The highest BCUT2D eigenvalue weighted by Gasteiger charge is 2.41. The van der Waals surface area contributed by atoms with Gasteiger partial charge in [-0.1, -0.05) is 34.9 Å². The van der Waals surface area contributed by atoms with E-state index in [-0.39, 0.29) is 11.9 Å². The topological polar surface area (TPSA) is 46.5 Å². The van der Waals surface area contributed by atoms with E-state index in [4.69, 9.17) is 4.74 Å². The van der Waals surface area contributed by atoms with Gasteiger partial charge >= 0.3 is 5.97 Å². The van der Waals surface area contributed by atoms with Gasteiger partial charge in [0, 0.05) is 0 Å². The molecule has 128 valence electrons. The Balaban J connectivity index is 2.36. The van der Waals surface area contributed by atoms with Gasteiger partial charge in [-0.05, 0) is 66.2 Å². The average molecular weight is 318 g/mol. The first-order chi connectivity index (χ1) is 10.8. The molecule has 2 rings (SSSR count). The van der Waals surface area contributed by atoms with Crippen LogP contribution in [0.1, 0.15) is 66.2 Å². The van der Waals surface area contributed by atoms with Crippen LogP contribution in [0.5, 0.6) is 0 Å². The minimum Gasteiger partial charge on any atom is -0.456 e. The van der Waals surface area contributed by atoms with Crippen molar-refractivity contribution >= 4 is 5.97 Å². The monoisotopic (exact) mass is 318 g/mol. The highest BCUT2D eigenvalue weighted by Crippen LogP contribution is 2.35. The predicted octanol–water partition coefficient (Wildman–Crippen LogP) is 4.47. The Bertz CT molecular complexity index is 541. The number of fused-ring (bicyclic) bond motifs is 3. The molecule has 1 heterocycles. The summed E-state index contributed by atoms with van der Waals surface area (Å²) in [6, 6.07) is 0. The van der Waals surface area contributed by atoms with Crippen LogP contribution in [0.25, 0.3) is 0 Å². The van der Waals surface area contributed by atoms with Crippen molar-refractivity contribution in [1.82, 2.24) is 0 Å². The molecule has 0 aromatic carbocycles. The summed E-state index contributed by atoms with van der Waals surface area (Å²) in [7, 11) is 0. The minimum atomic E-state index is -0.788. The number of hydrogen-bond donors (Lipinski definition) is 1. The van der Waals surface area contributed by atoms with E-state index in [1.54, 1.807) is 0 Å². The second-order valence-corrected chi connectivity index (χ2v) is 7.35. The van der Waals surface area contributed by atoms with Gasteiger partial charge in [-0.15, -0.1) is 0 Å². The van der Waals surface area contributed by atoms with Crippen LogP contribution in [0.3, 0.4) is 0 Å². The quantitative estimate of drug-likeness (QED) is 0.529. The van der Waals surface area contributed by atoms with Gasteiger partial charge in [0.1, 0.15) is 5.60 Å². The van der Waals surface area contributed by atoms with Gasteiger partial charge in [-0.25, -0.2) is 0 Å². The van der Waals surface area contributed by atoms with Crippen molar-refractivity contribution in [2.75, 3.05) is 0 Å². The van der Waals surface area contributed by atoms with Crippen LogP contribution in [-0.2, 0) is 9.53 Å². The van der Waals surface area contributed by atoms with Gasteiger partial charge in [0.15, 0.2) is 0 Å². The fourth-order valence-electron chi connectivity index (χ4n) is 3.24. The van der Waals surface area contributed by atoms with Crippen molar-refractivity contribution in [2.24, 2.45) is 5.92 Å². The molecule has 1 N–H and O–H groups in total. The van der Waals surface area contributed by atoms with Gasteiger partial charge in [-0.3, -0.25) is 4.79 Å². The maximum atomic E-state index is 12.4. The zero-order chi connectivity index (χ0) is 17.0. The third kappa shape index (κ3) is 4.57. The van der Waals surface area contributed by atoms with Crippen LogP contribution in [-0.4, -0.2) is 22.8 Å². The lowest BCUT2D eigenvalue weighted by Crippen LogP contribution is -2.43. The van der Waals surface area contributed by atoms with E-state index in [9.17, 15) is 9.90 Å². The summed E-state index contributed by atoms with van der Waals surface area (Å²) in [6.45, 7) is 8.02. The van der Waals surface area contributed by atoms with Gasteiger partial charge < -0.3 is 9.84 Å². The number of carbonyl (C=O) groups excluding carboxylic acids is 1. The maximum absolute atomic E-state index is 12.4. The Morgan fingerprint density at radius 1 is 1.17 bits per heavy atom. The summed E-state index contributed by atoms with van der Waals surface area (Å²) in [4.78, 5) is 12.4. The van der Waals surface area contributed by atoms with E-state index >= 15 is 0 Å². The molecule has 1 fully saturated rings. The maximum Gasteiger partial charge on any atom is 0.313 e.